The molecular formula is C9H12O2. The maximum absolute atomic E-state index is 11.2. The van der Waals surface area contributed by atoms with Crippen molar-refractivity contribution < 1.29 is 9.53 Å². The minimum absolute atomic E-state index is 0.203. The second-order valence-electron chi connectivity index (χ2n) is 3.00. The third-order valence-corrected chi connectivity index (χ3v) is 1.85. The Balaban J connectivity index is 2.87. The van der Waals surface area contributed by atoms with Crippen molar-refractivity contribution in [2.75, 3.05) is 7.11 Å². The summed E-state index contributed by atoms with van der Waals surface area (Å²) in [5, 5.41) is 0. The highest BCUT2D eigenvalue weighted by Gasteiger charge is 2.31. The van der Waals surface area contributed by atoms with Crippen molar-refractivity contribution >= 4 is 5.97 Å². The summed E-state index contributed by atoms with van der Waals surface area (Å²) in [6, 6.07) is 0. The molecule has 0 aromatic rings. The van der Waals surface area contributed by atoms with Gasteiger partial charge in [0.15, 0.2) is 0 Å². The lowest BCUT2D eigenvalue weighted by Gasteiger charge is -2.14. The largest absolute Gasteiger partial charge is 0.468 e. The molecule has 0 radical (unpaired) electrons. The molecule has 2 heteroatoms. The first-order chi connectivity index (χ1) is 5.08. The molecule has 0 N–H and O–H groups in total. The first-order valence-corrected chi connectivity index (χ1v) is 3.55. The van der Waals surface area contributed by atoms with E-state index in [1.807, 2.05) is 32.1 Å². The number of hydrogen-bond donors (Lipinski definition) is 0. The van der Waals surface area contributed by atoms with Gasteiger partial charge in [-0.3, -0.25) is 4.79 Å². The summed E-state index contributed by atoms with van der Waals surface area (Å²) in [4.78, 5) is 11.2. The molecule has 60 valence electrons. The molecule has 0 heterocycles. The Morgan fingerprint density at radius 1 is 1.64 bits per heavy atom. The molecule has 0 aromatic heterocycles. The van der Waals surface area contributed by atoms with Crippen molar-refractivity contribution in [3.05, 3.63) is 23.8 Å². The summed E-state index contributed by atoms with van der Waals surface area (Å²) in [5.41, 5.74) is 0.580. The van der Waals surface area contributed by atoms with Crippen molar-refractivity contribution in [3.63, 3.8) is 0 Å². The van der Waals surface area contributed by atoms with E-state index in [1.54, 1.807) is 0 Å². The van der Waals surface area contributed by atoms with Crippen molar-refractivity contribution in [1.29, 1.82) is 0 Å². The average molecular weight is 152 g/mol. The van der Waals surface area contributed by atoms with E-state index in [0.29, 0.717) is 0 Å². The fraction of sp³-hybridized carbons (Fsp3) is 0.444. The van der Waals surface area contributed by atoms with Gasteiger partial charge in [-0.1, -0.05) is 23.8 Å². The second kappa shape index (κ2) is 2.53. The van der Waals surface area contributed by atoms with E-state index in [9.17, 15) is 4.79 Å². The molecule has 0 bridgehead atoms. The second-order valence-corrected chi connectivity index (χ2v) is 3.00. The summed E-state index contributed by atoms with van der Waals surface area (Å²) >= 11 is 0. The van der Waals surface area contributed by atoms with Gasteiger partial charge in [0.2, 0.25) is 0 Å². The number of carbonyl (C=O) groups excluding carboxylic acids is 1. The lowest BCUT2D eigenvalue weighted by molar-refractivity contribution is -0.146. The molecule has 1 aliphatic carbocycles. The topological polar surface area (TPSA) is 26.3 Å². The molecule has 1 atom stereocenters. The lowest BCUT2D eigenvalue weighted by atomic mass is 9.93. The van der Waals surface area contributed by atoms with Crippen LogP contribution in [0.15, 0.2) is 23.8 Å². The van der Waals surface area contributed by atoms with Gasteiger partial charge in [0, 0.05) is 0 Å². The SMILES string of the molecule is COC(=O)C1(C)C=CC(C)=C1. The summed E-state index contributed by atoms with van der Waals surface area (Å²) in [5.74, 6) is -0.203. The Kier molecular flexibility index (Phi) is 1.85. The summed E-state index contributed by atoms with van der Waals surface area (Å²) < 4.78 is 4.65. The van der Waals surface area contributed by atoms with Crippen LogP contribution in [0.4, 0.5) is 0 Å². The van der Waals surface area contributed by atoms with Crippen molar-refractivity contribution in [3.8, 4) is 0 Å². The van der Waals surface area contributed by atoms with E-state index < -0.39 is 5.41 Å². The van der Waals surface area contributed by atoms with E-state index in [1.165, 1.54) is 7.11 Å². The number of rotatable bonds is 1. The van der Waals surface area contributed by atoms with Gasteiger partial charge in [0.05, 0.1) is 7.11 Å². The Morgan fingerprint density at radius 3 is 2.64 bits per heavy atom. The molecule has 1 aliphatic rings. The van der Waals surface area contributed by atoms with E-state index in [4.69, 9.17) is 0 Å². The van der Waals surface area contributed by atoms with Gasteiger partial charge in [0.25, 0.3) is 0 Å². The van der Waals surface area contributed by atoms with Crippen LogP contribution in [-0.2, 0) is 9.53 Å². The molecule has 0 saturated carbocycles. The van der Waals surface area contributed by atoms with Crippen molar-refractivity contribution in [1.82, 2.24) is 0 Å². The minimum atomic E-state index is -0.529. The fourth-order valence-corrected chi connectivity index (χ4v) is 1.22. The first kappa shape index (κ1) is 8.05. The third-order valence-electron chi connectivity index (χ3n) is 1.85. The zero-order valence-electron chi connectivity index (χ0n) is 7.05. The van der Waals surface area contributed by atoms with Crippen LogP contribution in [0.1, 0.15) is 13.8 Å². The zero-order chi connectivity index (χ0) is 8.48. The maximum atomic E-state index is 11.2. The number of hydrogen-bond acceptors (Lipinski definition) is 2. The highest BCUT2D eigenvalue weighted by Crippen LogP contribution is 2.29. The van der Waals surface area contributed by atoms with E-state index in [-0.39, 0.29) is 5.97 Å². The fourth-order valence-electron chi connectivity index (χ4n) is 1.22. The standard InChI is InChI=1S/C9H12O2/c1-7-4-5-9(2,6-7)8(10)11-3/h4-6H,1-3H3. The zero-order valence-corrected chi connectivity index (χ0v) is 7.05. The molecule has 1 unspecified atom stereocenters. The van der Waals surface area contributed by atoms with Gasteiger partial charge in [-0.25, -0.2) is 0 Å². The van der Waals surface area contributed by atoms with Crippen LogP contribution >= 0.6 is 0 Å². The molecule has 0 aliphatic heterocycles. The van der Waals surface area contributed by atoms with Crippen molar-refractivity contribution in [2.45, 2.75) is 13.8 Å². The molecule has 11 heavy (non-hydrogen) atoms. The van der Waals surface area contributed by atoms with Crippen LogP contribution in [0.25, 0.3) is 0 Å². The average Bonchev–Trinajstić information content (AvgIpc) is 2.31. The van der Waals surface area contributed by atoms with E-state index in [0.717, 1.165) is 5.57 Å². The van der Waals surface area contributed by atoms with Crippen LogP contribution in [0, 0.1) is 5.41 Å². The van der Waals surface area contributed by atoms with E-state index in [2.05, 4.69) is 4.74 Å². The number of methoxy groups -OCH3 is 1. The van der Waals surface area contributed by atoms with Gasteiger partial charge in [-0.15, -0.1) is 0 Å². The normalized spacial score (nSPS) is 28.5. The molecule has 0 spiro atoms. The van der Waals surface area contributed by atoms with Gasteiger partial charge in [0.1, 0.15) is 5.41 Å². The summed E-state index contributed by atoms with van der Waals surface area (Å²) in [6.07, 6.45) is 5.68. The number of allylic oxidation sites excluding steroid dienone is 2. The number of carbonyl (C=O) groups is 1. The Hall–Kier alpha value is -1.05. The molecule has 0 saturated heterocycles. The minimum Gasteiger partial charge on any atom is -0.468 e. The molecule has 2 nitrogen and oxygen atoms in total. The number of ether oxygens (including phenoxy) is 1. The van der Waals surface area contributed by atoms with Gasteiger partial charge < -0.3 is 4.74 Å². The quantitative estimate of drug-likeness (QED) is 0.534. The first-order valence-electron chi connectivity index (χ1n) is 3.55. The molecule has 0 fully saturated rings. The molecule has 1 rings (SSSR count). The smallest absolute Gasteiger partial charge is 0.319 e. The van der Waals surface area contributed by atoms with Crippen LogP contribution in [0.2, 0.25) is 0 Å². The maximum Gasteiger partial charge on any atom is 0.319 e. The highest BCUT2D eigenvalue weighted by molar-refractivity contribution is 5.82. The molecule has 0 aromatic carbocycles. The third kappa shape index (κ3) is 1.34. The van der Waals surface area contributed by atoms with E-state index >= 15 is 0 Å². The van der Waals surface area contributed by atoms with Gasteiger partial charge in [-0.05, 0) is 13.8 Å². The Labute approximate surface area is 66.5 Å². The van der Waals surface area contributed by atoms with Gasteiger partial charge in [-0.2, -0.15) is 0 Å². The van der Waals surface area contributed by atoms with Crippen LogP contribution in [-0.4, -0.2) is 13.1 Å². The molecular weight excluding hydrogens is 140 g/mol. The Bertz CT molecular complexity index is 238. The monoisotopic (exact) mass is 152 g/mol. The predicted octanol–water partition coefficient (Wildman–Crippen LogP) is 1.68. The Morgan fingerprint density at radius 2 is 2.27 bits per heavy atom. The highest BCUT2D eigenvalue weighted by atomic mass is 16.5. The van der Waals surface area contributed by atoms with Gasteiger partial charge >= 0.3 is 5.97 Å². The van der Waals surface area contributed by atoms with Crippen LogP contribution in [0.3, 0.4) is 0 Å². The molecule has 0 amide bonds. The lowest BCUT2D eigenvalue weighted by Crippen LogP contribution is -2.23. The van der Waals surface area contributed by atoms with Crippen LogP contribution in [0.5, 0.6) is 0 Å². The van der Waals surface area contributed by atoms with Crippen molar-refractivity contribution in [2.24, 2.45) is 5.41 Å². The summed E-state index contributed by atoms with van der Waals surface area (Å²) in [6.45, 7) is 3.80. The number of esters is 1. The predicted molar refractivity (Wildman–Crippen MR) is 43.0 cm³/mol. The summed E-state index contributed by atoms with van der Waals surface area (Å²) in [7, 11) is 1.41. The van der Waals surface area contributed by atoms with Crippen LogP contribution < -0.4 is 0 Å².